The van der Waals surface area contributed by atoms with E-state index in [2.05, 4.69) is 69.4 Å². The summed E-state index contributed by atoms with van der Waals surface area (Å²) in [6, 6.07) is 0. The van der Waals surface area contributed by atoms with Crippen molar-refractivity contribution < 1.29 is 29.7 Å². The van der Waals surface area contributed by atoms with Crippen molar-refractivity contribution in [2.75, 3.05) is 0 Å². The molecule has 0 spiro atoms. The van der Waals surface area contributed by atoms with Crippen LogP contribution in [-0.4, -0.2) is 50.5 Å². The molecule has 0 aromatic rings. The molecule has 0 aliphatic rings. The van der Waals surface area contributed by atoms with Gasteiger partial charge < -0.3 is 15.3 Å². The van der Waals surface area contributed by atoms with E-state index in [4.69, 9.17) is 0 Å². The summed E-state index contributed by atoms with van der Waals surface area (Å²) in [4.78, 5) is 40.2. The smallest absolute Gasteiger partial charge is 0.210 e. The molecule has 0 saturated heterocycles. The Morgan fingerprint density at radius 2 is 0.639 bits per heavy atom. The van der Waals surface area contributed by atoms with Gasteiger partial charge in [-0.1, -0.05) is 211 Å². The molecule has 0 aliphatic heterocycles. The lowest BCUT2D eigenvalue weighted by atomic mass is 9.79. The average Bonchev–Trinajstić information content (AvgIpc) is 3.26. The second-order valence-electron chi connectivity index (χ2n) is 17.9. The SMILES string of the molecule is CCCCC/C=C\C/C=C\CCCCCCCC(=O)C(O)(C(=O)CCCCCCC/C=C\C/C=C\CCCCC)C(O)C(O)C(=O)CCCCCCCCCCCCCCC. The first-order chi connectivity index (χ1) is 29.8. The number of ketones is 3. The van der Waals surface area contributed by atoms with E-state index in [9.17, 15) is 29.7 Å². The summed E-state index contributed by atoms with van der Waals surface area (Å²) < 4.78 is 0. The van der Waals surface area contributed by atoms with Gasteiger partial charge in [-0.2, -0.15) is 0 Å². The zero-order valence-corrected chi connectivity index (χ0v) is 40.2. The van der Waals surface area contributed by atoms with Crippen molar-refractivity contribution in [1.29, 1.82) is 0 Å². The lowest BCUT2D eigenvalue weighted by molar-refractivity contribution is -0.174. The normalized spacial score (nSPS) is 13.4. The molecular formula is C55H98O6. The summed E-state index contributed by atoms with van der Waals surface area (Å²) in [5, 5.41) is 33.8. The van der Waals surface area contributed by atoms with Gasteiger partial charge in [-0.25, -0.2) is 0 Å². The van der Waals surface area contributed by atoms with Crippen molar-refractivity contribution >= 4 is 17.3 Å². The number of aliphatic hydroxyl groups excluding tert-OH is 2. The van der Waals surface area contributed by atoms with E-state index >= 15 is 0 Å². The van der Waals surface area contributed by atoms with Crippen molar-refractivity contribution in [2.45, 2.75) is 283 Å². The molecule has 0 heterocycles. The van der Waals surface area contributed by atoms with Crippen LogP contribution >= 0.6 is 0 Å². The predicted octanol–water partition coefficient (Wildman–Crippen LogP) is 15.3. The number of carbonyl (C=O) groups excluding carboxylic acids is 3. The fraction of sp³-hybridized carbons (Fsp3) is 0.800. The Morgan fingerprint density at radius 3 is 0.984 bits per heavy atom. The highest BCUT2D eigenvalue weighted by molar-refractivity contribution is 6.11. The highest BCUT2D eigenvalue weighted by Crippen LogP contribution is 2.25. The minimum Gasteiger partial charge on any atom is -0.386 e. The molecule has 0 rings (SSSR count). The van der Waals surface area contributed by atoms with E-state index in [-0.39, 0.29) is 19.3 Å². The van der Waals surface area contributed by atoms with E-state index in [1.54, 1.807) is 0 Å². The molecule has 0 saturated carbocycles. The Labute approximate surface area is 377 Å². The minimum absolute atomic E-state index is 0.0460. The Kier molecular flexibility index (Phi) is 42.9. The first kappa shape index (κ1) is 58.9. The highest BCUT2D eigenvalue weighted by atomic mass is 16.4. The Morgan fingerprint density at radius 1 is 0.377 bits per heavy atom. The monoisotopic (exact) mass is 855 g/mol. The van der Waals surface area contributed by atoms with Crippen LogP contribution in [0, 0.1) is 0 Å². The van der Waals surface area contributed by atoms with E-state index in [0.717, 1.165) is 109 Å². The summed E-state index contributed by atoms with van der Waals surface area (Å²) in [5.74, 6) is -2.19. The minimum atomic E-state index is -2.78. The van der Waals surface area contributed by atoms with Crippen LogP contribution in [0.3, 0.4) is 0 Å². The number of allylic oxidation sites excluding steroid dienone is 8. The molecule has 0 radical (unpaired) electrons. The van der Waals surface area contributed by atoms with E-state index in [0.29, 0.717) is 19.3 Å². The number of aliphatic hydroxyl groups is 3. The quantitative estimate of drug-likeness (QED) is 0.0319. The maximum Gasteiger partial charge on any atom is 0.210 e. The van der Waals surface area contributed by atoms with Gasteiger partial charge in [-0.3, -0.25) is 14.4 Å². The molecule has 0 aromatic carbocycles. The zero-order valence-electron chi connectivity index (χ0n) is 40.2. The second kappa shape index (κ2) is 44.5. The van der Waals surface area contributed by atoms with Crippen LogP contribution < -0.4 is 0 Å². The van der Waals surface area contributed by atoms with Crippen molar-refractivity contribution in [3.63, 3.8) is 0 Å². The van der Waals surface area contributed by atoms with Gasteiger partial charge >= 0.3 is 0 Å². The topological polar surface area (TPSA) is 112 Å². The van der Waals surface area contributed by atoms with Crippen LogP contribution in [0.25, 0.3) is 0 Å². The number of Topliss-reactive ketones (excluding diaryl/α,β-unsaturated/α-hetero) is 3. The van der Waals surface area contributed by atoms with Crippen molar-refractivity contribution in [3.8, 4) is 0 Å². The fourth-order valence-electron chi connectivity index (χ4n) is 7.93. The molecule has 3 N–H and O–H groups in total. The molecule has 354 valence electrons. The molecule has 0 aliphatic carbocycles. The summed E-state index contributed by atoms with van der Waals surface area (Å²) in [6.45, 7) is 6.69. The molecule has 0 fully saturated rings. The number of carbonyl (C=O) groups is 3. The number of unbranched alkanes of at least 4 members (excludes halogenated alkanes) is 28. The van der Waals surface area contributed by atoms with Crippen molar-refractivity contribution in [1.82, 2.24) is 0 Å². The summed E-state index contributed by atoms with van der Waals surface area (Å²) >= 11 is 0. The summed E-state index contributed by atoms with van der Waals surface area (Å²) in [5.41, 5.74) is -2.78. The first-order valence-corrected chi connectivity index (χ1v) is 26.0. The molecule has 2 atom stereocenters. The Bertz CT molecular complexity index is 1080. The number of hydrogen-bond acceptors (Lipinski definition) is 6. The maximum absolute atomic E-state index is 13.6. The Balaban J connectivity index is 4.87. The van der Waals surface area contributed by atoms with Crippen molar-refractivity contribution in [2.24, 2.45) is 0 Å². The zero-order chi connectivity index (χ0) is 44.9. The van der Waals surface area contributed by atoms with Crippen LogP contribution in [0.4, 0.5) is 0 Å². The van der Waals surface area contributed by atoms with Gasteiger partial charge in [0, 0.05) is 19.3 Å². The standard InChI is InChI=1S/C55H98O6/c1-4-7-10-13-16-19-22-25-27-30-33-36-39-42-45-48-51(57)55(61,52(58)49-46-43-40-37-34-31-28-26-23-20-17-14-11-8-5-2)54(60)53(59)50(56)47-44-41-38-35-32-29-24-21-18-15-12-9-6-3/h16-17,19-20,25-28,53-54,59-61H,4-15,18,21-24,29-49H2,1-3H3/b19-16-,20-17-,27-25-,28-26-. The van der Waals surface area contributed by atoms with Gasteiger partial charge in [0.1, 0.15) is 12.2 Å². The largest absolute Gasteiger partial charge is 0.386 e. The predicted molar refractivity (Wildman–Crippen MR) is 261 cm³/mol. The first-order valence-electron chi connectivity index (χ1n) is 26.0. The van der Waals surface area contributed by atoms with Gasteiger partial charge in [-0.05, 0) is 83.5 Å². The van der Waals surface area contributed by atoms with E-state index in [1.165, 1.54) is 96.3 Å². The van der Waals surface area contributed by atoms with Crippen LogP contribution in [0.15, 0.2) is 48.6 Å². The number of hydrogen-bond donors (Lipinski definition) is 3. The van der Waals surface area contributed by atoms with Gasteiger partial charge in [0.15, 0.2) is 17.3 Å². The summed E-state index contributed by atoms with van der Waals surface area (Å²) in [6.07, 6.45) is 51.2. The highest BCUT2D eigenvalue weighted by Gasteiger charge is 2.52. The second-order valence-corrected chi connectivity index (χ2v) is 17.9. The van der Waals surface area contributed by atoms with Gasteiger partial charge in [0.2, 0.25) is 5.60 Å². The molecule has 0 bridgehead atoms. The third-order valence-electron chi connectivity index (χ3n) is 12.1. The Hall–Kier alpha value is -2.15. The average molecular weight is 855 g/mol. The lowest BCUT2D eigenvalue weighted by Crippen LogP contribution is -2.61. The van der Waals surface area contributed by atoms with Gasteiger partial charge in [0.25, 0.3) is 0 Å². The van der Waals surface area contributed by atoms with E-state index < -0.39 is 35.2 Å². The molecule has 0 aromatic heterocycles. The molecule has 2 unspecified atom stereocenters. The van der Waals surface area contributed by atoms with Crippen LogP contribution in [0.2, 0.25) is 0 Å². The molecule has 61 heavy (non-hydrogen) atoms. The third kappa shape index (κ3) is 34.0. The van der Waals surface area contributed by atoms with Crippen LogP contribution in [-0.2, 0) is 14.4 Å². The molecule has 0 amide bonds. The fourth-order valence-corrected chi connectivity index (χ4v) is 7.93. The van der Waals surface area contributed by atoms with Crippen LogP contribution in [0.1, 0.15) is 265 Å². The van der Waals surface area contributed by atoms with Gasteiger partial charge in [-0.15, -0.1) is 0 Å². The number of rotatable bonds is 47. The third-order valence-corrected chi connectivity index (χ3v) is 12.1. The summed E-state index contributed by atoms with van der Waals surface area (Å²) in [7, 11) is 0. The molecule has 6 nitrogen and oxygen atoms in total. The van der Waals surface area contributed by atoms with Crippen molar-refractivity contribution in [3.05, 3.63) is 48.6 Å². The maximum atomic E-state index is 13.6. The van der Waals surface area contributed by atoms with Crippen LogP contribution in [0.5, 0.6) is 0 Å². The van der Waals surface area contributed by atoms with Gasteiger partial charge in [0.05, 0.1) is 0 Å². The molecule has 6 heteroatoms. The molecular weight excluding hydrogens is 757 g/mol. The lowest BCUT2D eigenvalue weighted by Gasteiger charge is -2.32. The van der Waals surface area contributed by atoms with E-state index in [1.807, 2.05) is 0 Å².